The number of hydrogen-bond acceptors (Lipinski definition) is 5. The summed E-state index contributed by atoms with van der Waals surface area (Å²) in [6, 6.07) is 9.64. The molecule has 2 bridgehead atoms. The summed E-state index contributed by atoms with van der Waals surface area (Å²) in [6.45, 7) is 6.94. The molecule has 2 aliphatic carbocycles. The number of rotatable bonds is 5. The first-order valence-electron chi connectivity index (χ1n) is 9.64. The van der Waals surface area contributed by atoms with Crippen LogP contribution in [0.25, 0.3) is 11.4 Å². The maximum Gasteiger partial charge on any atom is 0.240 e. The first-order chi connectivity index (χ1) is 12.9. The minimum absolute atomic E-state index is 0.0992. The molecule has 0 aliphatic heterocycles. The second-order valence-electron chi connectivity index (χ2n) is 8.46. The molecular formula is C21H26N4O2. The van der Waals surface area contributed by atoms with Crippen molar-refractivity contribution in [2.24, 2.45) is 21.8 Å². The highest BCUT2D eigenvalue weighted by Gasteiger charge is 2.59. The van der Waals surface area contributed by atoms with Crippen molar-refractivity contribution in [1.82, 2.24) is 15.6 Å². The van der Waals surface area contributed by atoms with Gasteiger partial charge in [0.25, 0.3) is 0 Å². The highest BCUT2D eigenvalue weighted by atomic mass is 16.5. The van der Waals surface area contributed by atoms with Crippen molar-refractivity contribution in [3.05, 3.63) is 36.2 Å². The summed E-state index contributed by atoms with van der Waals surface area (Å²) in [5.41, 5.74) is 5.14. The smallest absolute Gasteiger partial charge is 0.240 e. The summed E-state index contributed by atoms with van der Waals surface area (Å²) in [6.07, 6.45) is 4.09. The number of amides is 1. The molecule has 1 aromatic carbocycles. The number of hydrazone groups is 1. The summed E-state index contributed by atoms with van der Waals surface area (Å²) in [5.74, 6) is 1.56. The van der Waals surface area contributed by atoms with Crippen molar-refractivity contribution in [1.29, 1.82) is 0 Å². The Morgan fingerprint density at radius 2 is 2.07 bits per heavy atom. The average Bonchev–Trinajstić information content (AvgIpc) is 3.28. The summed E-state index contributed by atoms with van der Waals surface area (Å²) < 4.78 is 5.25. The van der Waals surface area contributed by atoms with E-state index in [1.807, 2.05) is 30.3 Å². The lowest BCUT2D eigenvalue weighted by Gasteiger charge is -2.34. The highest BCUT2D eigenvalue weighted by molar-refractivity contribution is 5.95. The highest BCUT2D eigenvalue weighted by Crippen LogP contribution is 2.63. The molecule has 27 heavy (non-hydrogen) atoms. The fourth-order valence-corrected chi connectivity index (χ4v) is 4.56. The zero-order chi connectivity index (χ0) is 19.1. The summed E-state index contributed by atoms with van der Waals surface area (Å²) in [5, 5.41) is 8.47. The fourth-order valence-electron chi connectivity index (χ4n) is 4.56. The molecule has 142 valence electrons. The van der Waals surface area contributed by atoms with Crippen molar-refractivity contribution in [2.45, 2.75) is 52.9 Å². The average molecular weight is 366 g/mol. The Labute approximate surface area is 159 Å². The molecule has 1 aromatic heterocycles. The lowest BCUT2D eigenvalue weighted by Crippen LogP contribution is -2.34. The Kier molecular flexibility index (Phi) is 4.36. The molecule has 6 heteroatoms. The van der Waals surface area contributed by atoms with Crippen LogP contribution in [-0.2, 0) is 11.2 Å². The molecule has 2 fully saturated rings. The van der Waals surface area contributed by atoms with Crippen LogP contribution in [0.2, 0.25) is 0 Å². The molecule has 6 nitrogen and oxygen atoms in total. The van der Waals surface area contributed by atoms with Crippen LogP contribution in [-0.4, -0.2) is 21.8 Å². The van der Waals surface area contributed by atoms with Gasteiger partial charge in [0.1, 0.15) is 0 Å². The van der Waals surface area contributed by atoms with Gasteiger partial charge in [-0.3, -0.25) is 4.79 Å². The predicted octanol–water partition coefficient (Wildman–Crippen LogP) is 3.99. The first kappa shape index (κ1) is 17.9. The lowest BCUT2D eigenvalue weighted by molar-refractivity contribution is -0.121. The van der Waals surface area contributed by atoms with Crippen LogP contribution in [0.3, 0.4) is 0 Å². The van der Waals surface area contributed by atoms with Gasteiger partial charge in [0, 0.05) is 29.5 Å². The molecule has 1 amide bonds. The number of nitrogens with one attached hydrogen (secondary N) is 1. The van der Waals surface area contributed by atoms with Crippen LogP contribution >= 0.6 is 0 Å². The van der Waals surface area contributed by atoms with E-state index in [2.05, 4.69) is 41.4 Å². The van der Waals surface area contributed by atoms with Crippen molar-refractivity contribution in [2.75, 3.05) is 0 Å². The molecule has 0 unspecified atom stereocenters. The molecule has 0 spiro atoms. The largest absolute Gasteiger partial charge is 0.339 e. The predicted molar refractivity (Wildman–Crippen MR) is 103 cm³/mol. The van der Waals surface area contributed by atoms with E-state index in [0.717, 1.165) is 24.1 Å². The third kappa shape index (κ3) is 3.07. The zero-order valence-electron chi connectivity index (χ0n) is 16.2. The van der Waals surface area contributed by atoms with Gasteiger partial charge < -0.3 is 4.52 Å². The number of carbonyl (C=O) groups excluding carboxylic acids is 1. The third-order valence-corrected chi connectivity index (χ3v) is 6.89. The number of nitrogens with zero attached hydrogens (tertiary/aromatic N) is 3. The standard InChI is InChI=1S/C21H26N4O2/c1-20(2)15-11-12-21(20,3)16(13-15)23-24-17(26)9-10-18-22-19(25-27-18)14-7-5-4-6-8-14/h4-8,15H,9-13H2,1-3H3,(H,24,26)/b23-16+/t15-,21+/m1/s1. The molecule has 2 saturated carbocycles. The SMILES string of the molecule is CC1(C)[C@@H]2CC[C@@]1(C)/C(=N/NC(=O)CCc1nc(-c3ccccc3)no1)C2. The van der Waals surface area contributed by atoms with Crippen LogP contribution in [0.4, 0.5) is 0 Å². The van der Waals surface area contributed by atoms with Gasteiger partial charge in [0.2, 0.25) is 17.6 Å². The van der Waals surface area contributed by atoms with Gasteiger partial charge in [-0.05, 0) is 30.6 Å². The van der Waals surface area contributed by atoms with Gasteiger partial charge in [0.15, 0.2) is 0 Å². The van der Waals surface area contributed by atoms with Crippen LogP contribution < -0.4 is 5.43 Å². The Bertz CT molecular complexity index is 871. The minimum atomic E-state index is -0.119. The van der Waals surface area contributed by atoms with Gasteiger partial charge >= 0.3 is 0 Å². The maximum absolute atomic E-state index is 12.2. The molecule has 2 atom stereocenters. The normalized spacial score (nSPS) is 27.2. The second kappa shape index (κ2) is 6.59. The lowest BCUT2D eigenvalue weighted by atomic mass is 9.70. The molecule has 0 radical (unpaired) electrons. The van der Waals surface area contributed by atoms with Crippen LogP contribution in [0, 0.1) is 16.7 Å². The Morgan fingerprint density at radius 3 is 2.74 bits per heavy atom. The van der Waals surface area contributed by atoms with E-state index in [1.54, 1.807) is 0 Å². The number of aromatic nitrogens is 2. The topological polar surface area (TPSA) is 80.4 Å². The van der Waals surface area contributed by atoms with Crippen LogP contribution in [0.15, 0.2) is 40.0 Å². The molecule has 2 aliphatic rings. The van der Waals surface area contributed by atoms with Gasteiger partial charge in [-0.2, -0.15) is 10.1 Å². The first-order valence-corrected chi connectivity index (χ1v) is 9.64. The van der Waals surface area contributed by atoms with Crippen molar-refractivity contribution in [3.63, 3.8) is 0 Å². The van der Waals surface area contributed by atoms with E-state index in [1.165, 1.54) is 6.42 Å². The van der Waals surface area contributed by atoms with Crippen molar-refractivity contribution < 1.29 is 9.32 Å². The Hall–Kier alpha value is -2.50. The van der Waals surface area contributed by atoms with E-state index in [9.17, 15) is 4.79 Å². The fraction of sp³-hybridized carbons (Fsp3) is 0.524. The van der Waals surface area contributed by atoms with Gasteiger partial charge in [-0.1, -0.05) is 56.3 Å². The molecule has 1 N–H and O–H groups in total. The second-order valence-corrected chi connectivity index (χ2v) is 8.46. The van der Waals surface area contributed by atoms with Crippen molar-refractivity contribution >= 4 is 11.6 Å². The summed E-state index contributed by atoms with van der Waals surface area (Å²) >= 11 is 0. The molecule has 2 aromatic rings. The van der Waals surface area contributed by atoms with E-state index >= 15 is 0 Å². The van der Waals surface area contributed by atoms with Crippen LogP contribution in [0.1, 0.15) is 52.3 Å². The number of benzene rings is 1. The third-order valence-electron chi connectivity index (χ3n) is 6.89. The molecule has 0 saturated heterocycles. The van der Waals surface area contributed by atoms with Gasteiger partial charge in [-0.25, -0.2) is 5.43 Å². The van der Waals surface area contributed by atoms with Gasteiger partial charge in [-0.15, -0.1) is 0 Å². The summed E-state index contributed by atoms with van der Waals surface area (Å²) in [4.78, 5) is 16.6. The van der Waals surface area contributed by atoms with Crippen molar-refractivity contribution in [3.8, 4) is 11.4 Å². The zero-order valence-corrected chi connectivity index (χ0v) is 16.2. The number of carbonyl (C=O) groups is 1. The Balaban J connectivity index is 1.33. The monoisotopic (exact) mass is 366 g/mol. The molecular weight excluding hydrogens is 340 g/mol. The molecule has 1 heterocycles. The quantitative estimate of drug-likeness (QED) is 0.812. The van der Waals surface area contributed by atoms with E-state index in [-0.39, 0.29) is 23.2 Å². The Morgan fingerprint density at radius 1 is 1.30 bits per heavy atom. The van der Waals surface area contributed by atoms with E-state index in [0.29, 0.717) is 24.1 Å². The number of hydrogen-bond donors (Lipinski definition) is 1. The van der Waals surface area contributed by atoms with E-state index < -0.39 is 0 Å². The van der Waals surface area contributed by atoms with Crippen LogP contribution in [0.5, 0.6) is 0 Å². The number of aryl methyl sites for hydroxylation is 1. The van der Waals surface area contributed by atoms with E-state index in [4.69, 9.17) is 4.52 Å². The number of fused-ring (bicyclic) bond motifs is 2. The molecule has 4 rings (SSSR count). The van der Waals surface area contributed by atoms with Gasteiger partial charge in [0.05, 0.1) is 0 Å². The summed E-state index contributed by atoms with van der Waals surface area (Å²) in [7, 11) is 0. The minimum Gasteiger partial charge on any atom is -0.339 e. The maximum atomic E-state index is 12.2.